The molecule has 2 aliphatic rings. The molecule has 1 heterocycles. The number of carbonyl (C=O) groups is 2. The predicted molar refractivity (Wildman–Crippen MR) is 154 cm³/mol. The molecule has 0 radical (unpaired) electrons. The first-order chi connectivity index (χ1) is 19.5. The average Bonchev–Trinajstić information content (AvgIpc) is 3.00. The molecule has 5 nitrogen and oxygen atoms in total. The molecule has 0 bridgehead atoms. The Bertz CT molecular complexity index is 1300. The van der Waals surface area contributed by atoms with Crippen LogP contribution >= 0.6 is 0 Å². The molecule has 2 amide bonds. The number of benzene rings is 3. The number of nitrogens with zero attached hydrogens (tertiary/aromatic N) is 2. The number of rotatable bonds is 7. The number of amides is 2. The minimum Gasteiger partial charge on any atom is -0.497 e. The van der Waals surface area contributed by atoms with Crippen molar-refractivity contribution in [2.45, 2.75) is 57.2 Å². The fourth-order valence-corrected chi connectivity index (χ4v) is 5.91. The molecule has 40 heavy (non-hydrogen) atoms. The van der Waals surface area contributed by atoms with Crippen LogP contribution in [0.25, 0.3) is 0 Å². The molecule has 0 saturated heterocycles. The molecule has 0 N–H and O–H groups in total. The van der Waals surface area contributed by atoms with Gasteiger partial charge < -0.3 is 14.5 Å². The van der Waals surface area contributed by atoms with E-state index in [1.165, 1.54) is 12.1 Å². The average molecular weight is 541 g/mol. The summed E-state index contributed by atoms with van der Waals surface area (Å²) in [6.45, 7) is 0.673. The monoisotopic (exact) mass is 540 g/mol. The van der Waals surface area contributed by atoms with Gasteiger partial charge in [-0.1, -0.05) is 86.0 Å². The van der Waals surface area contributed by atoms with Crippen LogP contribution in [0.2, 0.25) is 0 Å². The molecule has 5 rings (SSSR count). The lowest BCUT2D eigenvalue weighted by atomic mass is 9.87. The van der Waals surface area contributed by atoms with Crippen LogP contribution in [0.1, 0.15) is 54.8 Å². The molecular weight excluding hydrogens is 503 g/mol. The molecule has 3 aromatic rings. The van der Waals surface area contributed by atoms with E-state index in [1.807, 2.05) is 76.5 Å². The third-order valence-corrected chi connectivity index (χ3v) is 8.13. The van der Waals surface area contributed by atoms with E-state index >= 15 is 0 Å². The number of ether oxygens (including phenoxy) is 1. The van der Waals surface area contributed by atoms with Gasteiger partial charge in [-0.25, -0.2) is 4.39 Å². The Hall–Kier alpha value is -3.93. The first-order valence-electron chi connectivity index (χ1n) is 14.2. The van der Waals surface area contributed by atoms with Crippen molar-refractivity contribution in [2.24, 2.45) is 5.92 Å². The van der Waals surface area contributed by atoms with E-state index < -0.39 is 6.04 Å². The zero-order valence-electron chi connectivity index (χ0n) is 23.0. The van der Waals surface area contributed by atoms with Crippen molar-refractivity contribution in [3.63, 3.8) is 0 Å². The van der Waals surface area contributed by atoms with Gasteiger partial charge >= 0.3 is 0 Å². The van der Waals surface area contributed by atoms with E-state index in [1.54, 1.807) is 19.2 Å². The van der Waals surface area contributed by atoms with Crippen LogP contribution < -0.4 is 4.74 Å². The Morgan fingerprint density at radius 1 is 0.900 bits per heavy atom. The molecule has 1 saturated carbocycles. The van der Waals surface area contributed by atoms with Crippen LogP contribution in [0.4, 0.5) is 4.39 Å². The minimum absolute atomic E-state index is 0.0458. The molecule has 2 unspecified atom stereocenters. The molecule has 0 aromatic heterocycles. The first-order valence-corrected chi connectivity index (χ1v) is 14.2. The fraction of sp³-hybridized carbons (Fsp3) is 0.353. The fourth-order valence-electron chi connectivity index (χ4n) is 5.91. The number of carbonyl (C=O) groups excluding carboxylic acids is 2. The second-order valence-corrected chi connectivity index (χ2v) is 10.8. The summed E-state index contributed by atoms with van der Waals surface area (Å²) in [5, 5.41) is 0. The lowest BCUT2D eigenvalue weighted by Gasteiger charge is -2.41. The maximum absolute atomic E-state index is 14.7. The standard InChI is InChI=1S/C34H37FN2O3/c1-40-30-20-16-27(17-21-30)31-13-8-22-36(33(38)28-11-6-3-7-12-28)32(23-25-9-4-2-5-10-25)34(39)37(31)24-26-14-18-29(35)19-15-26/h2,4-5,8-10,13-21,28,31-32H,3,6-7,11-12,22-24H2,1H3/b13-8-. The summed E-state index contributed by atoms with van der Waals surface area (Å²) in [6, 6.07) is 22.9. The molecule has 0 spiro atoms. The second-order valence-electron chi connectivity index (χ2n) is 10.8. The van der Waals surface area contributed by atoms with E-state index in [0.717, 1.165) is 54.5 Å². The summed E-state index contributed by atoms with van der Waals surface area (Å²) < 4.78 is 19.1. The Morgan fingerprint density at radius 3 is 2.27 bits per heavy atom. The highest BCUT2D eigenvalue weighted by Gasteiger charge is 2.39. The van der Waals surface area contributed by atoms with E-state index in [2.05, 4.69) is 0 Å². The van der Waals surface area contributed by atoms with Gasteiger partial charge in [-0.15, -0.1) is 0 Å². The zero-order chi connectivity index (χ0) is 27.9. The second kappa shape index (κ2) is 12.9. The molecule has 6 heteroatoms. The lowest BCUT2D eigenvalue weighted by molar-refractivity contribution is -0.150. The van der Waals surface area contributed by atoms with Crippen molar-refractivity contribution in [2.75, 3.05) is 13.7 Å². The van der Waals surface area contributed by atoms with Crippen LogP contribution in [0.15, 0.2) is 91.0 Å². The quantitative estimate of drug-likeness (QED) is 0.322. The largest absolute Gasteiger partial charge is 0.497 e. The highest BCUT2D eigenvalue weighted by molar-refractivity contribution is 5.89. The number of hydrogen-bond acceptors (Lipinski definition) is 3. The van der Waals surface area contributed by atoms with Gasteiger partial charge in [0, 0.05) is 25.4 Å². The summed E-state index contributed by atoms with van der Waals surface area (Å²) in [6.07, 6.45) is 9.48. The molecule has 208 valence electrons. The minimum atomic E-state index is -0.650. The van der Waals surface area contributed by atoms with Crippen molar-refractivity contribution in [3.8, 4) is 5.75 Å². The first kappa shape index (κ1) is 27.6. The smallest absolute Gasteiger partial charge is 0.246 e. The normalized spacial score (nSPS) is 21.0. The van der Waals surface area contributed by atoms with E-state index in [9.17, 15) is 14.0 Å². The van der Waals surface area contributed by atoms with Gasteiger partial charge in [-0.05, 0) is 53.8 Å². The van der Waals surface area contributed by atoms with Gasteiger partial charge in [0.15, 0.2) is 0 Å². The van der Waals surface area contributed by atoms with Gasteiger partial charge in [0.1, 0.15) is 17.6 Å². The lowest BCUT2D eigenvalue weighted by Crippen LogP contribution is -2.55. The van der Waals surface area contributed by atoms with Crippen molar-refractivity contribution in [1.29, 1.82) is 0 Å². The topological polar surface area (TPSA) is 49.9 Å². The number of methoxy groups -OCH3 is 1. The van der Waals surface area contributed by atoms with Crippen LogP contribution in [0.5, 0.6) is 5.75 Å². The molecular formula is C34H37FN2O3. The van der Waals surface area contributed by atoms with Crippen molar-refractivity contribution in [3.05, 3.63) is 114 Å². The maximum atomic E-state index is 14.7. The molecule has 3 aromatic carbocycles. The van der Waals surface area contributed by atoms with Crippen molar-refractivity contribution >= 4 is 11.8 Å². The Balaban J connectivity index is 1.56. The summed E-state index contributed by atoms with van der Waals surface area (Å²) in [7, 11) is 1.63. The van der Waals surface area contributed by atoms with Gasteiger partial charge in [0.25, 0.3) is 0 Å². The summed E-state index contributed by atoms with van der Waals surface area (Å²) >= 11 is 0. The van der Waals surface area contributed by atoms with Gasteiger partial charge in [0.2, 0.25) is 11.8 Å². The van der Waals surface area contributed by atoms with Crippen molar-refractivity contribution in [1.82, 2.24) is 9.80 Å². The number of halogens is 1. The molecule has 1 aliphatic carbocycles. The van der Waals surface area contributed by atoms with E-state index in [-0.39, 0.29) is 36.1 Å². The van der Waals surface area contributed by atoms with Gasteiger partial charge in [0.05, 0.1) is 13.2 Å². The van der Waals surface area contributed by atoms with Gasteiger partial charge in [-0.2, -0.15) is 0 Å². The van der Waals surface area contributed by atoms with Crippen LogP contribution in [-0.2, 0) is 22.6 Å². The van der Waals surface area contributed by atoms with Crippen molar-refractivity contribution < 1.29 is 18.7 Å². The zero-order valence-corrected chi connectivity index (χ0v) is 23.0. The Morgan fingerprint density at radius 2 is 1.60 bits per heavy atom. The third kappa shape index (κ3) is 6.44. The summed E-state index contributed by atoms with van der Waals surface area (Å²) in [5.74, 6) is 0.336. The highest BCUT2D eigenvalue weighted by atomic mass is 19.1. The van der Waals surface area contributed by atoms with E-state index in [0.29, 0.717) is 13.0 Å². The van der Waals surface area contributed by atoms with Crippen LogP contribution in [-0.4, -0.2) is 41.3 Å². The third-order valence-electron chi connectivity index (χ3n) is 8.13. The van der Waals surface area contributed by atoms with Gasteiger partial charge in [-0.3, -0.25) is 9.59 Å². The van der Waals surface area contributed by atoms with Crippen LogP contribution in [0, 0.1) is 11.7 Å². The van der Waals surface area contributed by atoms with Crippen LogP contribution in [0.3, 0.4) is 0 Å². The summed E-state index contributed by atoms with van der Waals surface area (Å²) in [4.78, 5) is 32.3. The highest BCUT2D eigenvalue weighted by Crippen LogP contribution is 2.32. The van der Waals surface area contributed by atoms with E-state index in [4.69, 9.17) is 4.74 Å². The molecule has 1 fully saturated rings. The number of hydrogen-bond donors (Lipinski definition) is 0. The predicted octanol–water partition coefficient (Wildman–Crippen LogP) is 6.49. The molecule has 1 aliphatic heterocycles. The molecule has 2 atom stereocenters. The SMILES string of the molecule is COc1ccc(C2/C=C\CN(C(=O)C3CCCCC3)C(Cc3ccccc3)C(=O)N2Cc2ccc(F)cc2)cc1. The summed E-state index contributed by atoms with van der Waals surface area (Å²) in [5.41, 5.74) is 2.78. The Kier molecular flexibility index (Phi) is 8.94. The Labute approximate surface area is 236 Å². The maximum Gasteiger partial charge on any atom is 0.246 e.